The number of amides is 2. The molecule has 6 unspecified atom stereocenters. The number of rotatable bonds is 17. The number of aromatic hydroxyl groups is 2. The number of allylic oxidation sites excluding steroid dienone is 4. The molecular formula is C40H50N6O15. The summed E-state index contributed by atoms with van der Waals surface area (Å²) in [5.41, 5.74) is -3.53. The first-order valence-electron chi connectivity index (χ1n) is 19.8. The number of aliphatic carboxylic acids is 1. The van der Waals surface area contributed by atoms with Crippen LogP contribution in [0, 0.1) is 11.8 Å². The molecule has 9 N–H and O–H groups in total. The molecule has 21 heteroatoms. The molecule has 9 atom stereocenters. The van der Waals surface area contributed by atoms with Crippen LogP contribution in [0.4, 0.5) is 0 Å². The lowest BCUT2D eigenvalue weighted by Gasteiger charge is -2.43. The van der Waals surface area contributed by atoms with E-state index in [1.807, 2.05) is 0 Å². The zero-order chi connectivity index (χ0) is 44.3. The van der Waals surface area contributed by atoms with Crippen LogP contribution in [-0.2, 0) is 52.8 Å². The zero-order valence-electron chi connectivity index (χ0n) is 33.7. The molecular weight excluding hydrogens is 804 g/mol. The van der Waals surface area contributed by atoms with Crippen LogP contribution < -0.4 is 16.0 Å². The highest BCUT2D eigenvalue weighted by Gasteiger charge is 2.53. The third-order valence-electron chi connectivity index (χ3n) is 11.6. The molecule has 1 aromatic carbocycles. The third-order valence-corrected chi connectivity index (χ3v) is 11.6. The molecule has 1 fully saturated rings. The third kappa shape index (κ3) is 9.21. The number of carboxylic acid groups (broad SMARTS) is 1. The maximum Gasteiger partial charge on any atom is 0.320 e. The molecule has 0 radical (unpaired) electrons. The molecule has 3 aliphatic carbocycles. The Morgan fingerprint density at radius 1 is 1.10 bits per heavy atom. The van der Waals surface area contributed by atoms with E-state index in [2.05, 4.69) is 26.3 Å². The van der Waals surface area contributed by atoms with Crippen LogP contribution in [0.1, 0.15) is 82.7 Å². The number of Topliss-reactive ketones (excluding diaryl/α,β-unsaturated/α-hetero) is 3. The molecule has 0 bridgehead atoms. The summed E-state index contributed by atoms with van der Waals surface area (Å²) in [6.07, 6.45) is 0.869. The van der Waals surface area contributed by atoms with Crippen molar-refractivity contribution in [2.24, 2.45) is 11.8 Å². The number of fused-ring (bicyclic) bond motifs is 3. The molecule has 4 aliphatic rings. The Morgan fingerprint density at radius 3 is 2.52 bits per heavy atom. The Morgan fingerprint density at radius 2 is 1.84 bits per heavy atom. The van der Waals surface area contributed by atoms with Crippen molar-refractivity contribution in [3.05, 3.63) is 58.1 Å². The monoisotopic (exact) mass is 854 g/mol. The summed E-state index contributed by atoms with van der Waals surface area (Å²) in [6, 6.07) is -1.67. The average molecular weight is 855 g/mol. The number of hydrogen-bond acceptors (Lipinski definition) is 17. The Kier molecular flexibility index (Phi) is 13.7. The number of aliphatic hydroxyl groups is 3. The Labute approximate surface area is 348 Å². The first-order chi connectivity index (χ1) is 29.0. The van der Waals surface area contributed by atoms with Crippen molar-refractivity contribution >= 4 is 35.1 Å². The fourth-order valence-corrected chi connectivity index (χ4v) is 8.44. The average Bonchev–Trinajstić information content (AvgIpc) is 3.66. The lowest BCUT2D eigenvalue weighted by Crippen LogP contribution is -2.56. The lowest BCUT2D eigenvalue weighted by molar-refractivity contribution is -0.249. The van der Waals surface area contributed by atoms with Crippen LogP contribution in [-0.4, -0.2) is 144 Å². The topological polar surface area (TPSA) is 318 Å². The van der Waals surface area contributed by atoms with Crippen LogP contribution in [0.15, 0.2) is 30.2 Å². The number of nitrogens with one attached hydrogen (secondary N) is 3. The number of aliphatic hydroxyl groups excluding tert-OH is 2. The predicted octanol–water partition coefficient (Wildman–Crippen LogP) is -1.12. The van der Waals surface area contributed by atoms with Gasteiger partial charge >= 0.3 is 5.97 Å². The molecule has 1 aliphatic heterocycles. The van der Waals surface area contributed by atoms with Gasteiger partial charge < -0.3 is 60.8 Å². The summed E-state index contributed by atoms with van der Waals surface area (Å²) in [4.78, 5) is 77.6. The van der Waals surface area contributed by atoms with Gasteiger partial charge in [-0.05, 0) is 39.3 Å². The molecule has 1 aromatic heterocycles. The number of carbonyl (C=O) groups excluding carboxylic acids is 5. The summed E-state index contributed by atoms with van der Waals surface area (Å²) >= 11 is 0. The Hall–Kier alpha value is -5.58. The number of unbranched alkanes of at least 4 members (excludes halogenated alkanes) is 1. The molecule has 61 heavy (non-hydrogen) atoms. The number of ketones is 3. The summed E-state index contributed by atoms with van der Waals surface area (Å²) in [5.74, 6) is -7.89. The molecule has 6 rings (SSSR count). The minimum absolute atomic E-state index is 0.126. The van der Waals surface area contributed by atoms with Crippen LogP contribution >= 0.6 is 0 Å². The van der Waals surface area contributed by atoms with Crippen molar-refractivity contribution in [2.45, 2.75) is 101 Å². The maximum atomic E-state index is 14.0. The van der Waals surface area contributed by atoms with Crippen LogP contribution in [0.3, 0.4) is 0 Å². The number of phenolic OH excluding ortho intramolecular Hbond substituents is 2. The maximum absolute atomic E-state index is 14.0. The summed E-state index contributed by atoms with van der Waals surface area (Å²) in [7, 11) is 2.89. The summed E-state index contributed by atoms with van der Waals surface area (Å²) in [6.45, 7) is 0.379. The number of nitrogens with zero attached hydrogens (tertiary/aromatic N) is 3. The number of carbonyl (C=O) groups is 6. The van der Waals surface area contributed by atoms with Gasteiger partial charge in [-0.2, -0.15) is 0 Å². The minimum atomic E-state index is -2.37. The van der Waals surface area contributed by atoms with Gasteiger partial charge in [0.2, 0.25) is 11.8 Å². The van der Waals surface area contributed by atoms with Crippen molar-refractivity contribution in [1.29, 1.82) is 0 Å². The van der Waals surface area contributed by atoms with Crippen LogP contribution in [0.2, 0.25) is 0 Å². The van der Waals surface area contributed by atoms with Crippen LogP contribution in [0.5, 0.6) is 11.5 Å². The van der Waals surface area contributed by atoms with Crippen molar-refractivity contribution in [2.75, 3.05) is 27.3 Å². The Bertz CT molecular complexity index is 2140. The number of likely N-dealkylation sites (N-methyl/N-ethyl adjacent to an activating group) is 1. The first-order valence-corrected chi connectivity index (χ1v) is 19.8. The second-order valence-corrected chi connectivity index (χ2v) is 15.6. The fraction of sp³-hybridized carbons (Fsp3) is 0.550. The second kappa shape index (κ2) is 18.6. The van der Waals surface area contributed by atoms with E-state index in [1.165, 1.54) is 43.1 Å². The van der Waals surface area contributed by atoms with Gasteiger partial charge in [-0.3, -0.25) is 28.8 Å². The number of hydrogen-bond donors (Lipinski definition) is 9. The predicted molar refractivity (Wildman–Crippen MR) is 207 cm³/mol. The smallest absolute Gasteiger partial charge is 0.320 e. The van der Waals surface area contributed by atoms with Gasteiger partial charge in [-0.25, -0.2) is 4.68 Å². The Balaban J connectivity index is 1.14. The van der Waals surface area contributed by atoms with Gasteiger partial charge in [0.05, 0.1) is 60.4 Å². The summed E-state index contributed by atoms with van der Waals surface area (Å²) in [5, 5.41) is 80.9. The van der Waals surface area contributed by atoms with E-state index in [1.54, 1.807) is 7.05 Å². The molecule has 1 saturated heterocycles. The van der Waals surface area contributed by atoms with Crippen molar-refractivity contribution < 1.29 is 73.6 Å². The minimum Gasteiger partial charge on any atom is -0.507 e. The van der Waals surface area contributed by atoms with E-state index >= 15 is 0 Å². The molecule has 2 heterocycles. The first kappa shape index (κ1) is 45.0. The van der Waals surface area contributed by atoms with Gasteiger partial charge in [0.25, 0.3) is 0 Å². The van der Waals surface area contributed by atoms with E-state index < -0.39 is 125 Å². The number of methoxy groups -OCH3 is 1. The van der Waals surface area contributed by atoms with Crippen LogP contribution in [0.25, 0.3) is 0 Å². The van der Waals surface area contributed by atoms with Gasteiger partial charge in [0.1, 0.15) is 48.2 Å². The highest BCUT2D eigenvalue weighted by molar-refractivity contribution is 6.20. The van der Waals surface area contributed by atoms with Gasteiger partial charge in [0.15, 0.2) is 23.6 Å². The number of benzene rings is 1. The fourth-order valence-electron chi connectivity index (χ4n) is 8.44. The molecule has 0 saturated carbocycles. The normalized spacial score (nSPS) is 27.2. The van der Waals surface area contributed by atoms with E-state index in [-0.39, 0.29) is 47.9 Å². The van der Waals surface area contributed by atoms with Gasteiger partial charge in [-0.15, -0.1) is 5.10 Å². The van der Waals surface area contributed by atoms with Gasteiger partial charge in [-0.1, -0.05) is 17.4 Å². The van der Waals surface area contributed by atoms with Gasteiger partial charge in [0, 0.05) is 43.1 Å². The molecule has 0 spiro atoms. The van der Waals surface area contributed by atoms with Crippen molar-refractivity contribution in [3.8, 4) is 11.5 Å². The summed E-state index contributed by atoms with van der Waals surface area (Å²) < 4.78 is 18.7. The van der Waals surface area contributed by atoms with E-state index in [0.29, 0.717) is 25.8 Å². The van der Waals surface area contributed by atoms with Crippen molar-refractivity contribution in [3.63, 3.8) is 0 Å². The number of aromatic nitrogens is 3. The second-order valence-electron chi connectivity index (χ2n) is 15.6. The van der Waals surface area contributed by atoms with E-state index in [0.717, 1.165) is 0 Å². The molecule has 330 valence electrons. The molecule has 2 amide bonds. The SMILES string of the molecule is CN[C@@H](CCCCNC(=O)Cc1cn(CC(=O)NC2CC(O[C@H]3C[C@](O)(C(=O)CO)Cc4c(O)c5c(c(O)c43)C(=O)C3C(OC)=CC=CC3C5=O)OC(C)C2O)nn1)C(=O)O. The number of phenols is 2. The zero-order valence-corrected chi connectivity index (χ0v) is 33.7. The molecule has 21 nitrogen and oxygen atoms in total. The quantitative estimate of drug-likeness (QED) is 0.0672. The highest BCUT2D eigenvalue weighted by atomic mass is 16.7. The standard InChI is InChI=1S/C40H50N6O15/c1-18-34(51)23(43-28(50)16-46-15-19(44-45-46)11-27(49)42-10-5-4-8-22(41-2)39(56)57)12-29(60-18)61-25-14-40(58,26(48)17-47)13-21-31(25)38(55)33-32(36(21)53)35(52)20-7-6-9-24(59-3)30(20)37(33)54/h6-7,9,15,18,20,22-23,25,29-30,34,41,47,51,53,55,58H,4-5,8,10-14,16-17H2,1-3H3,(H,42,49)(H,43,50)(H,56,57)/t18?,20?,22-,23?,25-,29?,30?,34?,40-/m0/s1. The molecule has 2 aromatic rings. The number of carboxylic acids is 1. The largest absolute Gasteiger partial charge is 0.507 e. The van der Waals surface area contributed by atoms with Crippen molar-refractivity contribution in [1.82, 2.24) is 30.9 Å². The van der Waals surface area contributed by atoms with E-state index in [9.17, 15) is 54.3 Å². The lowest BCUT2D eigenvalue weighted by atomic mass is 9.67. The van der Waals surface area contributed by atoms with E-state index in [4.69, 9.17) is 19.3 Å². The highest BCUT2D eigenvalue weighted by Crippen LogP contribution is 2.53. The number of ether oxygens (including phenoxy) is 3.